The van der Waals surface area contributed by atoms with E-state index < -0.39 is 0 Å². The van der Waals surface area contributed by atoms with Gasteiger partial charge < -0.3 is 4.90 Å². The molecule has 1 aromatic heterocycles. The maximum absolute atomic E-state index is 13.1. The molecule has 3 rings (SSSR count). The predicted molar refractivity (Wildman–Crippen MR) is 112 cm³/mol. The van der Waals surface area contributed by atoms with E-state index in [1.54, 1.807) is 11.8 Å². The van der Waals surface area contributed by atoms with E-state index in [1.165, 1.54) is 11.1 Å². The Kier molecular flexibility index (Phi) is 7.30. The smallest absolute Gasteiger partial charge is 0.236 e. The van der Waals surface area contributed by atoms with Gasteiger partial charge in [0.05, 0.1) is 5.25 Å². The van der Waals surface area contributed by atoms with Crippen molar-refractivity contribution in [2.75, 3.05) is 26.2 Å². The van der Waals surface area contributed by atoms with Crippen LogP contribution in [0.3, 0.4) is 0 Å². The Morgan fingerprint density at radius 2 is 1.67 bits per heavy atom. The van der Waals surface area contributed by atoms with Crippen molar-refractivity contribution >= 4 is 17.7 Å². The number of rotatable bonds is 7. The van der Waals surface area contributed by atoms with E-state index in [4.69, 9.17) is 0 Å². The number of carbonyl (C=O) groups is 1. The fraction of sp³-hybridized carbons (Fsp3) is 0.455. The largest absolute Gasteiger partial charge is 0.339 e. The molecular formula is C22H29N3OS. The van der Waals surface area contributed by atoms with Gasteiger partial charge in [-0.25, -0.2) is 0 Å². The molecular weight excluding hydrogens is 354 g/mol. The molecule has 2 heterocycles. The van der Waals surface area contributed by atoms with Gasteiger partial charge in [0, 0.05) is 50.9 Å². The number of thioether (sulfide) groups is 1. The second kappa shape index (κ2) is 9.90. The molecule has 1 aromatic carbocycles. The van der Waals surface area contributed by atoms with Crippen molar-refractivity contribution in [1.29, 1.82) is 0 Å². The van der Waals surface area contributed by atoms with E-state index in [2.05, 4.69) is 65.0 Å². The maximum Gasteiger partial charge on any atom is 0.236 e. The maximum atomic E-state index is 13.1. The quantitative estimate of drug-likeness (QED) is 0.731. The van der Waals surface area contributed by atoms with Gasteiger partial charge in [0.1, 0.15) is 0 Å². The molecule has 144 valence electrons. The van der Waals surface area contributed by atoms with Crippen molar-refractivity contribution in [2.24, 2.45) is 5.92 Å². The summed E-state index contributed by atoms with van der Waals surface area (Å²) in [6.45, 7) is 8.74. The van der Waals surface area contributed by atoms with Crippen LogP contribution in [0.4, 0.5) is 0 Å². The van der Waals surface area contributed by atoms with E-state index in [0.29, 0.717) is 11.8 Å². The Morgan fingerprint density at radius 3 is 2.30 bits per heavy atom. The monoisotopic (exact) mass is 383 g/mol. The third-order valence-corrected chi connectivity index (χ3v) is 6.57. The number of amides is 1. The molecule has 1 atom stereocenters. The fourth-order valence-corrected chi connectivity index (χ4v) is 4.60. The summed E-state index contributed by atoms with van der Waals surface area (Å²) < 4.78 is 0. The molecule has 1 saturated heterocycles. The van der Waals surface area contributed by atoms with Crippen LogP contribution < -0.4 is 0 Å². The van der Waals surface area contributed by atoms with Crippen LogP contribution >= 0.6 is 11.8 Å². The van der Waals surface area contributed by atoms with Crippen molar-refractivity contribution in [1.82, 2.24) is 14.8 Å². The first-order chi connectivity index (χ1) is 13.1. The molecule has 1 aliphatic rings. The van der Waals surface area contributed by atoms with E-state index in [9.17, 15) is 4.79 Å². The van der Waals surface area contributed by atoms with Crippen LogP contribution in [0.2, 0.25) is 0 Å². The van der Waals surface area contributed by atoms with Gasteiger partial charge in [0.15, 0.2) is 0 Å². The lowest BCUT2D eigenvalue weighted by Crippen LogP contribution is -2.51. The van der Waals surface area contributed by atoms with Gasteiger partial charge >= 0.3 is 0 Å². The van der Waals surface area contributed by atoms with Crippen molar-refractivity contribution in [3.8, 4) is 0 Å². The third-order valence-electron chi connectivity index (χ3n) is 4.96. The zero-order chi connectivity index (χ0) is 19.1. The van der Waals surface area contributed by atoms with Crippen LogP contribution in [0.15, 0.2) is 54.9 Å². The molecule has 4 nitrogen and oxygen atoms in total. The minimum atomic E-state index is 0.0250. The van der Waals surface area contributed by atoms with Crippen LogP contribution in [0.25, 0.3) is 0 Å². The first-order valence-electron chi connectivity index (χ1n) is 9.69. The van der Waals surface area contributed by atoms with Gasteiger partial charge in [-0.05, 0) is 29.2 Å². The minimum Gasteiger partial charge on any atom is -0.339 e. The van der Waals surface area contributed by atoms with Crippen LogP contribution in [-0.2, 0) is 17.1 Å². The van der Waals surface area contributed by atoms with Crippen LogP contribution in [0, 0.1) is 5.92 Å². The van der Waals surface area contributed by atoms with Gasteiger partial charge in [0.2, 0.25) is 5.91 Å². The summed E-state index contributed by atoms with van der Waals surface area (Å²) >= 11 is 1.78. The Hall–Kier alpha value is -1.85. The van der Waals surface area contributed by atoms with Crippen molar-refractivity contribution in [3.63, 3.8) is 0 Å². The van der Waals surface area contributed by atoms with Crippen molar-refractivity contribution in [3.05, 3.63) is 66.0 Å². The molecule has 1 unspecified atom stereocenters. The number of carbonyl (C=O) groups excluding carboxylic acids is 1. The van der Waals surface area contributed by atoms with Crippen LogP contribution in [0.1, 0.15) is 25.0 Å². The molecule has 0 bridgehead atoms. The average Bonchev–Trinajstić information content (AvgIpc) is 2.70. The number of hydrogen-bond acceptors (Lipinski definition) is 4. The number of hydrogen-bond donors (Lipinski definition) is 0. The molecule has 1 fully saturated rings. The first kappa shape index (κ1) is 19.9. The Morgan fingerprint density at radius 1 is 1.00 bits per heavy atom. The highest BCUT2D eigenvalue weighted by molar-refractivity contribution is 7.99. The summed E-state index contributed by atoms with van der Waals surface area (Å²) in [5, 5.41) is 0.0250. The van der Waals surface area contributed by atoms with E-state index in [-0.39, 0.29) is 5.25 Å². The lowest BCUT2D eigenvalue weighted by Gasteiger charge is -2.37. The summed E-state index contributed by atoms with van der Waals surface area (Å²) in [5.74, 6) is 1.52. The predicted octanol–water partition coefficient (Wildman–Crippen LogP) is 3.68. The topological polar surface area (TPSA) is 36.4 Å². The zero-order valence-electron chi connectivity index (χ0n) is 16.3. The fourth-order valence-electron chi connectivity index (χ4n) is 3.36. The summed E-state index contributed by atoms with van der Waals surface area (Å²) in [6.07, 6.45) is 3.68. The van der Waals surface area contributed by atoms with Gasteiger partial charge in [-0.1, -0.05) is 44.2 Å². The van der Waals surface area contributed by atoms with Gasteiger partial charge in [-0.2, -0.15) is 0 Å². The Bertz CT molecular complexity index is 700. The normalized spacial score (nSPS) is 16.5. The molecule has 0 radical (unpaired) electrons. The van der Waals surface area contributed by atoms with Crippen LogP contribution in [0.5, 0.6) is 0 Å². The van der Waals surface area contributed by atoms with Gasteiger partial charge in [0.25, 0.3) is 0 Å². The molecule has 5 heteroatoms. The number of piperazine rings is 1. The summed E-state index contributed by atoms with van der Waals surface area (Å²) in [5.41, 5.74) is 2.56. The highest BCUT2D eigenvalue weighted by Gasteiger charge is 2.29. The van der Waals surface area contributed by atoms with Crippen molar-refractivity contribution in [2.45, 2.75) is 31.4 Å². The summed E-state index contributed by atoms with van der Waals surface area (Å²) in [6, 6.07) is 14.5. The van der Waals surface area contributed by atoms with Gasteiger partial charge in [-0.15, -0.1) is 11.8 Å². The van der Waals surface area contributed by atoms with E-state index >= 15 is 0 Å². The number of pyridine rings is 1. The minimum absolute atomic E-state index is 0.0250. The summed E-state index contributed by atoms with van der Waals surface area (Å²) in [7, 11) is 0. The molecule has 0 saturated carbocycles. The van der Waals surface area contributed by atoms with E-state index in [0.717, 1.165) is 38.5 Å². The summed E-state index contributed by atoms with van der Waals surface area (Å²) in [4.78, 5) is 21.7. The molecule has 27 heavy (non-hydrogen) atoms. The zero-order valence-corrected chi connectivity index (χ0v) is 17.1. The van der Waals surface area contributed by atoms with Crippen LogP contribution in [-0.4, -0.2) is 52.1 Å². The van der Waals surface area contributed by atoms with Gasteiger partial charge in [-0.3, -0.25) is 14.7 Å². The van der Waals surface area contributed by atoms with E-state index in [1.807, 2.05) is 18.5 Å². The average molecular weight is 384 g/mol. The number of aromatic nitrogens is 1. The first-order valence-corrected chi connectivity index (χ1v) is 10.7. The molecule has 0 aliphatic carbocycles. The number of benzene rings is 1. The molecule has 0 spiro atoms. The highest BCUT2D eigenvalue weighted by Crippen LogP contribution is 2.26. The van der Waals surface area contributed by atoms with Crippen molar-refractivity contribution < 1.29 is 4.79 Å². The standard InChI is InChI=1S/C22H29N3OS/c1-18(2)21(27-17-20-6-4-3-5-7-20)22(26)25-14-12-24(13-15-25)16-19-8-10-23-11-9-19/h3-11,18,21H,12-17H2,1-2H3. The molecule has 2 aromatic rings. The molecule has 0 N–H and O–H groups in total. The Balaban J connectivity index is 1.51. The molecule has 1 amide bonds. The lowest BCUT2D eigenvalue weighted by molar-refractivity contribution is -0.133. The Labute approximate surface area is 167 Å². The second-order valence-electron chi connectivity index (χ2n) is 7.42. The molecule has 1 aliphatic heterocycles. The number of nitrogens with zero attached hydrogens (tertiary/aromatic N) is 3. The second-order valence-corrected chi connectivity index (χ2v) is 8.55. The third kappa shape index (κ3) is 5.81. The SMILES string of the molecule is CC(C)C(SCc1ccccc1)C(=O)N1CCN(Cc2ccncc2)CC1. The lowest BCUT2D eigenvalue weighted by atomic mass is 10.1. The highest BCUT2D eigenvalue weighted by atomic mass is 32.2.